The summed E-state index contributed by atoms with van der Waals surface area (Å²) < 4.78 is 0. The zero-order chi connectivity index (χ0) is 10.7. The Morgan fingerprint density at radius 3 is 3.00 bits per heavy atom. The Morgan fingerprint density at radius 1 is 1.47 bits per heavy atom. The van der Waals surface area contributed by atoms with Crippen LogP contribution in [0.1, 0.15) is 19.3 Å². The van der Waals surface area contributed by atoms with Crippen LogP contribution in [0.2, 0.25) is 0 Å². The number of hydrogen-bond acceptors (Lipinski definition) is 3. The number of halogens is 1. The lowest BCUT2D eigenvalue weighted by Crippen LogP contribution is -2.57. The smallest absolute Gasteiger partial charge is 0.131 e. The first kappa shape index (κ1) is 10.7. The van der Waals surface area contributed by atoms with Gasteiger partial charge >= 0.3 is 0 Å². The average Bonchev–Trinajstić information content (AvgIpc) is 2.25. The van der Waals surface area contributed by atoms with Crippen molar-refractivity contribution < 1.29 is 0 Å². The Morgan fingerprint density at radius 2 is 2.27 bits per heavy atom. The summed E-state index contributed by atoms with van der Waals surface area (Å²) in [6.07, 6.45) is 9.13. The van der Waals surface area contributed by atoms with Crippen molar-refractivity contribution in [3.63, 3.8) is 0 Å². The zero-order valence-corrected chi connectivity index (χ0v) is 9.45. The molecule has 2 N–H and O–H groups in total. The van der Waals surface area contributed by atoms with Crippen molar-refractivity contribution in [3.8, 4) is 0 Å². The van der Waals surface area contributed by atoms with Crippen LogP contribution in [0.4, 0.5) is 0 Å². The van der Waals surface area contributed by atoms with E-state index in [1.165, 1.54) is 0 Å². The maximum atomic E-state index is 5.99. The standard InChI is InChI=1S/C11H16ClN3/c12-10-5-3-1-2-4-6-11(14-10)15-7-9(13)8-15/h1,3,5,9H,2,4,6-8,13H2/b3-1-,10-5-,14-11+. The summed E-state index contributed by atoms with van der Waals surface area (Å²) >= 11 is 5.99. The number of allylic oxidation sites excluding steroid dienone is 3. The minimum atomic E-state index is 0.307. The predicted molar refractivity (Wildman–Crippen MR) is 63.9 cm³/mol. The van der Waals surface area contributed by atoms with E-state index in [1.807, 2.05) is 12.2 Å². The van der Waals surface area contributed by atoms with E-state index in [2.05, 4.69) is 16.0 Å². The van der Waals surface area contributed by atoms with Crippen LogP contribution < -0.4 is 5.73 Å². The minimum Gasteiger partial charge on any atom is -0.357 e. The second-order valence-electron chi connectivity index (χ2n) is 4.00. The van der Waals surface area contributed by atoms with Gasteiger partial charge in [0, 0.05) is 25.6 Å². The normalized spacial score (nSPS) is 32.5. The van der Waals surface area contributed by atoms with E-state index in [0.29, 0.717) is 11.2 Å². The van der Waals surface area contributed by atoms with E-state index in [-0.39, 0.29) is 0 Å². The van der Waals surface area contributed by atoms with Crippen molar-refractivity contribution in [2.45, 2.75) is 25.3 Å². The second kappa shape index (κ2) is 4.81. The van der Waals surface area contributed by atoms with Crippen LogP contribution in [0, 0.1) is 0 Å². The van der Waals surface area contributed by atoms with Crippen molar-refractivity contribution in [1.29, 1.82) is 0 Å². The summed E-state index contributed by atoms with van der Waals surface area (Å²) in [7, 11) is 0. The SMILES string of the molecule is NC1CN(/C2=N/C(Cl)=C\C=C/CCC2)C1. The zero-order valence-electron chi connectivity index (χ0n) is 8.69. The molecule has 2 rings (SSSR count). The van der Waals surface area contributed by atoms with E-state index in [1.54, 1.807) is 0 Å². The molecule has 0 aromatic carbocycles. The molecule has 0 aromatic rings. The lowest BCUT2D eigenvalue weighted by molar-refractivity contribution is 0.249. The fourth-order valence-corrected chi connectivity index (χ4v) is 1.96. The molecule has 0 unspecified atom stereocenters. The van der Waals surface area contributed by atoms with Gasteiger partial charge in [-0.1, -0.05) is 23.8 Å². The molecule has 0 aliphatic carbocycles. The molecule has 4 heteroatoms. The monoisotopic (exact) mass is 225 g/mol. The van der Waals surface area contributed by atoms with E-state index in [4.69, 9.17) is 17.3 Å². The molecule has 0 atom stereocenters. The molecule has 82 valence electrons. The molecule has 2 aliphatic rings. The molecule has 2 aliphatic heterocycles. The van der Waals surface area contributed by atoms with Gasteiger partial charge in [0.05, 0.1) is 0 Å². The third kappa shape index (κ3) is 2.83. The summed E-state index contributed by atoms with van der Waals surface area (Å²) in [5.74, 6) is 1.08. The number of aliphatic imine (C=N–C) groups is 1. The lowest BCUT2D eigenvalue weighted by atomic mass is 10.1. The summed E-state index contributed by atoms with van der Waals surface area (Å²) in [4.78, 5) is 6.63. The second-order valence-corrected chi connectivity index (χ2v) is 4.39. The molecular formula is C11H16ClN3. The van der Waals surface area contributed by atoms with Gasteiger partial charge < -0.3 is 10.6 Å². The Labute approximate surface area is 95.3 Å². The topological polar surface area (TPSA) is 41.6 Å². The molecule has 0 radical (unpaired) electrons. The Bertz CT molecular complexity index is 314. The molecule has 0 spiro atoms. The molecule has 15 heavy (non-hydrogen) atoms. The van der Waals surface area contributed by atoms with Gasteiger partial charge in [0.1, 0.15) is 11.0 Å². The molecule has 0 bridgehead atoms. The van der Waals surface area contributed by atoms with Crippen molar-refractivity contribution in [3.05, 3.63) is 23.4 Å². The number of amidine groups is 1. The fraction of sp³-hybridized carbons (Fsp3) is 0.545. The van der Waals surface area contributed by atoms with E-state index >= 15 is 0 Å². The molecule has 2 heterocycles. The molecule has 3 nitrogen and oxygen atoms in total. The first-order valence-corrected chi connectivity index (χ1v) is 5.74. The molecule has 0 aromatic heterocycles. The highest BCUT2D eigenvalue weighted by atomic mass is 35.5. The van der Waals surface area contributed by atoms with Gasteiger partial charge in [0.25, 0.3) is 0 Å². The molecule has 1 saturated heterocycles. The van der Waals surface area contributed by atoms with Crippen LogP contribution in [0.5, 0.6) is 0 Å². The third-order valence-corrected chi connectivity index (χ3v) is 2.86. The predicted octanol–water partition coefficient (Wildman–Crippen LogP) is 1.85. The summed E-state index contributed by atoms with van der Waals surface area (Å²) in [5, 5.41) is 0.559. The van der Waals surface area contributed by atoms with Crippen LogP contribution in [0.15, 0.2) is 28.4 Å². The highest BCUT2D eigenvalue weighted by Gasteiger charge is 2.25. The fourth-order valence-electron chi connectivity index (χ4n) is 1.79. The maximum absolute atomic E-state index is 5.99. The van der Waals surface area contributed by atoms with Crippen molar-refractivity contribution in [2.75, 3.05) is 13.1 Å². The third-order valence-electron chi connectivity index (χ3n) is 2.65. The maximum Gasteiger partial charge on any atom is 0.131 e. The van der Waals surface area contributed by atoms with Gasteiger partial charge in [-0.25, -0.2) is 4.99 Å². The molecule has 0 saturated carbocycles. The average molecular weight is 226 g/mol. The van der Waals surface area contributed by atoms with Crippen LogP contribution in [-0.2, 0) is 0 Å². The number of likely N-dealkylation sites (tertiary alicyclic amines) is 1. The molecule has 1 fully saturated rings. The largest absolute Gasteiger partial charge is 0.357 e. The number of hydrogen-bond donors (Lipinski definition) is 1. The van der Waals surface area contributed by atoms with E-state index in [0.717, 1.165) is 38.2 Å². The van der Waals surface area contributed by atoms with Crippen LogP contribution in [-0.4, -0.2) is 29.9 Å². The van der Waals surface area contributed by atoms with Crippen molar-refractivity contribution >= 4 is 17.4 Å². The van der Waals surface area contributed by atoms with Gasteiger partial charge in [-0.3, -0.25) is 0 Å². The van der Waals surface area contributed by atoms with Crippen LogP contribution >= 0.6 is 11.6 Å². The lowest BCUT2D eigenvalue weighted by Gasteiger charge is -2.39. The van der Waals surface area contributed by atoms with E-state index in [9.17, 15) is 0 Å². The number of nitrogens with zero attached hydrogens (tertiary/aromatic N) is 2. The van der Waals surface area contributed by atoms with Crippen LogP contribution in [0.25, 0.3) is 0 Å². The summed E-state index contributed by atoms with van der Waals surface area (Å²) in [6, 6.07) is 0.307. The summed E-state index contributed by atoms with van der Waals surface area (Å²) in [6.45, 7) is 1.83. The Balaban J connectivity index is 2.07. The van der Waals surface area contributed by atoms with Gasteiger partial charge in [0.15, 0.2) is 0 Å². The van der Waals surface area contributed by atoms with Crippen molar-refractivity contribution in [1.82, 2.24) is 4.90 Å². The van der Waals surface area contributed by atoms with E-state index < -0.39 is 0 Å². The Kier molecular flexibility index (Phi) is 3.44. The van der Waals surface area contributed by atoms with Gasteiger partial charge in [-0.2, -0.15) is 0 Å². The molecular weight excluding hydrogens is 210 g/mol. The quantitative estimate of drug-likeness (QED) is 0.640. The first-order chi connectivity index (χ1) is 7.25. The minimum absolute atomic E-state index is 0.307. The first-order valence-electron chi connectivity index (χ1n) is 5.36. The van der Waals surface area contributed by atoms with Gasteiger partial charge in [0.2, 0.25) is 0 Å². The number of nitrogens with two attached hydrogens (primary N) is 1. The summed E-state index contributed by atoms with van der Waals surface area (Å²) in [5.41, 5.74) is 5.75. The highest BCUT2D eigenvalue weighted by Crippen LogP contribution is 2.16. The Hall–Kier alpha value is -0.800. The highest BCUT2D eigenvalue weighted by molar-refractivity contribution is 6.30. The van der Waals surface area contributed by atoms with Crippen molar-refractivity contribution in [2.24, 2.45) is 10.7 Å². The van der Waals surface area contributed by atoms with Crippen LogP contribution in [0.3, 0.4) is 0 Å². The van der Waals surface area contributed by atoms with Gasteiger partial charge in [-0.05, 0) is 18.9 Å². The van der Waals surface area contributed by atoms with Gasteiger partial charge in [-0.15, -0.1) is 0 Å². The number of rotatable bonds is 0. The molecule has 0 amide bonds.